The van der Waals surface area contributed by atoms with Gasteiger partial charge in [-0.3, -0.25) is 0 Å². The largest absolute Gasteiger partial charge is 1.00 e. The fraction of sp³-hybridized carbons (Fsp3) is 0. The Hall–Kier alpha value is -0.691. The summed E-state index contributed by atoms with van der Waals surface area (Å²) in [5, 5.41) is 29.0. The quantitative estimate of drug-likeness (QED) is 0.0516. The molecule has 1 radical (unpaired) electrons. The normalized spacial score (nSPS) is 11.3. The van der Waals surface area contributed by atoms with E-state index >= 15 is 0 Å². The van der Waals surface area contributed by atoms with Gasteiger partial charge >= 0.3 is 59.1 Å². The van der Waals surface area contributed by atoms with E-state index in [2.05, 4.69) is 16.8 Å². The summed E-state index contributed by atoms with van der Waals surface area (Å²) >= 11 is 0.774. The molecule has 0 aliphatic heterocycles. The van der Waals surface area contributed by atoms with E-state index < -0.39 is 41.5 Å². The molecule has 3 rings (SSSR count). The molecule has 0 spiro atoms. The molecule has 0 unspecified atom stereocenters. The van der Waals surface area contributed by atoms with E-state index in [1.807, 2.05) is 0 Å². The van der Waals surface area contributed by atoms with Crippen LogP contribution in [0.3, 0.4) is 0 Å². The number of azo groups is 1. The second-order valence-electron chi connectivity index (χ2n) is 6.13. The number of hydrogen-bond donors (Lipinski definition) is 2. The Bertz CT molecular complexity index is 1500. The Morgan fingerprint density at radius 3 is 2.19 bits per heavy atom. The Morgan fingerprint density at radius 1 is 0.944 bits per heavy atom. The summed E-state index contributed by atoms with van der Waals surface area (Å²) in [6.07, 6.45) is 0. The minimum atomic E-state index is -5.23. The van der Waals surface area contributed by atoms with E-state index in [9.17, 15) is 36.2 Å². The van der Waals surface area contributed by atoms with Crippen molar-refractivity contribution >= 4 is 54.4 Å². The van der Waals surface area contributed by atoms with Gasteiger partial charge in [0.25, 0.3) is 0 Å². The maximum Gasteiger partial charge on any atom is 1.00 e. The predicted octanol–water partition coefficient (Wildman–Crippen LogP) is -2.42. The second kappa shape index (κ2) is 14.5. The van der Waals surface area contributed by atoms with Gasteiger partial charge in [0.2, 0.25) is 0 Å². The first-order chi connectivity index (χ1) is 15.4. The average Bonchev–Trinajstić information content (AvgIpc) is 2.73. The van der Waals surface area contributed by atoms with Gasteiger partial charge in [-0.25, -0.2) is 16.8 Å². The van der Waals surface area contributed by atoms with Crippen molar-refractivity contribution in [3.8, 4) is 17.2 Å². The zero-order chi connectivity index (χ0) is 24.4. The molecule has 0 aliphatic carbocycles. The summed E-state index contributed by atoms with van der Waals surface area (Å²) in [5.74, 6) is -1.35. The second-order valence-corrected chi connectivity index (χ2v) is 9.52. The molecular formula is C18H12CuN2Na2O10S3. The monoisotopic (exact) mass is 621 g/mol. The van der Waals surface area contributed by atoms with E-state index in [1.54, 1.807) is 0 Å². The number of benzene rings is 3. The van der Waals surface area contributed by atoms with Crippen molar-refractivity contribution in [2.45, 2.75) is 9.79 Å². The molecule has 0 fully saturated rings. The molecule has 36 heavy (non-hydrogen) atoms. The zero-order valence-electron chi connectivity index (χ0n) is 18.4. The van der Waals surface area contributed by atoms with Gasteiger partial charge in [0.15, 0.2) is 11.5 Å². The molecule has 0 saturated heterocycles. The third-order valence-corrected chi connectivity index (χ3v) is 5.99. The average molecular weight is 622 g/mol. The van der Waals surface area contributed by atoms with Gasteiger partial charge in [0, 0.05) is 28.5 Å². The topological polar surface area (TPSA) is 198 Å². The first-order valence-electron chi connectivity index (χ1n) is 8.49. The predicted molar refractivity (Wildman–Crippen MR) is 113 cm³/mol. The van der Waals surface area contributed by atoms with Crippen LogP contribution in [0.2, 0.25) is 0 Å². The number of phenolic OH excluding ortho intramolecular Hbond substituents is 2. The third kappa shape index (κ3) is 8.68. The van der Waals surface area contributed by atoms with Crippen LogP contribution in [0.15, 0.2) is 74.5 Å². The number of rotatable bonds is 8. The van der Waals surface area contributed by atoms with E-state index in [1.165, 1.54) is 23.6 Å². The zero-order valence-corrected chi connectivity index (χ0v) is 25.8. The van der Waals surface area contributed by atoms with Crippen molar-refractivity contribution in [2.75, 3.05) is 0 Å². The molecule has 2 N–H and O–H groups in total. The van der Waals surface area contributed by atoms with Crippen LogP contribution in [-0.2, 0) is 41.6 Å². The summed E-state index contributed by atoms with van der Waals surface area (Å²) in [4.78, 5) is 3.11. The maximum absolute atomic E-state index is 11.6. The Balaban J connectivity index is 0.00000408. The van der Waals surface area contributed by atoms with E-state index in [-0.39, 0.29) is 104 Å². The molecule has 3 aromatic rings. The van der Waals surface area contributed by atoms with Crippen molar-refractivity contribution in [1.29, 1.82) is 0 Å². The van der Waals surface area contributed by atoms with Crippen LogP contribution in [0.5, 0.6) is 17.2 Å². The number of phenols is 2. The Kier molecular flexibility index (Phi) is 14.2. The van der Waals surface area contributed by atoms with Crippen LogP contribution < -0.4 is 64.0 Å². The molecule has 0 aliphatic rings. The summed E-state index contributed by atoms with van der Waals surface area (Å²) in [6, 6.07) is 7.24. The molecule has 12 nitrogen and oxygen atoms in total. The molecule has 0 aromatic heterocycles. The van der Waals surface area contributed by atoms with Crippen LogP contribution in [0.25, 0.3) is 10.8 Å². The van der Waals surface area contributed by atoms with Gasteiger partial charge in [-0.1, -0.05) is 12.6 Å². The van der Waals surface area contributed by atoms with Crippen molar-refractivity contribution in [1.82, 2.24) is 0 Å². The van der Waals surface area contributed by atoms with Crippen molar-refractivity contribution in [3.05, 3.63) is 54.5 Å². The van der Waals surface area contributed by atoms with Crippen LogP contribution >= 0.6 is 12.0 Å². The summed E-state index contributed by atoms with van der Waals surface area (Å²) in [5.41, 5.74) is -0.720. The molecule has 0 heterocycles. The Labute approximate surface area is 264 Å². The van der Waals surface area contributed by atoms with Gasteiger partial charge < -0.3 is 24.2 Å². The summed E-state index contributed by atoms with van der Waals surface area (Å²) in [7, 11) is -10.1. The van der Waals surface area contributed by atoms with E-state index in [4.69, 9.17) is 9.22 Å². The van der Waals surface area contributed by atoms with Crippen molar-refractivity contribution in [2.24, 2.45) is 10.2 Å². The molecule has 0 bridgehead atoms. The molecule has 0 saturated carbocycles. The summed E-state index contributed by atoms with van der Waals surface area (Å²) in [6.45, 7) is 3.41. The minimum Gasteiger partial charge on any atom is -0.744 e. The fourth-order valence-corrected chi connectivity index (χ4v) is 3.89. The first kappa shape index (κ1) is 35.3. The molecule has 3 aromatic carbocycles. The van der Waals surface area contributed by atoms with Crippen molar-refractivity contribution in [3.63, 3.8) is 0 Å². The first-order valence-corrected chi connectivity index (χ1v) is 12.1. The van der Waals surface area contributed by atoms with E-state index in [0.717, 1.165) is 30.2 Å². The van der Waals surface area contributed by atoms with Gasteiger partial charge in [0.05, 0.1) is 21.8 Å². The smallest absolute Gasteiger partial charge is 0.744 e. The molecule has 18 heteroatoms. The van der Waals surface area contributed by atoms with E-state index in [0.29, 0.717) is 6.07 Å². The number of nitrogens with zero attached hydrogens (tertiary/aromatic N) is 2. The molecule has 0 amide bonds. The number of fused-ring (bicyclic) bond motifs is 1. The maximum atomic E-state index is 11.6. The molecule has 0 atom stereocenters. The minimum absolute atomic E-state index is 0. The number of aromatic hydroxyl groups is 2. The van der Waals surface area contributed by atoms with Gasteiger partial charge in [-0.05, 0) is 41.1 Å². The van der Waals surface area contributed by atoms with Crippen LogP contribution in [0, 0.1) is 0 Å². The third-order valence-electron chi connectivity index (χ3n) is 4.02. The molecular weight excluding hydrogens is 610 g/mol. The Morgan fingerprint density at radius 2 is 1.61 bits per heavy atom. The standard InChI is InChI=1S/C18H14N2O10S3.Cu.2Na/c1-2-31-30-29-11-3-6-15(21)14(9-11)19-20-17-13-5-4-12(32(23,24)25)7-10(13)8-16(18(17)22)33(26,27)28;;;/h2-9,21-22H,1H2,(H,23,24,25)(H,26,27,28);;;/q;;2*+1/p-2. The van der Waals surface area contributed by atoms with Crippen LogP contribution in [0.4, 0.5) is 11.4 Å². The van der Waals surface area contributed by atoms with Gasteiger partial charge in [-0.15, -0.1) is 14.6 Å². The van der Waals surface area contributed by atoms with Gasteiger partial charge in [-0.2, -0.15) is 0 Å². The molecule has 185 valence electrons. The SMILES string of the molecule is C=CSOOc1ccc(O)c(N=Nc2c(O)c(S(=O)(=O)[O-])cc3cc(S(=O)(=O)[O-])ccc23)c1.[Cu].[Na+].[Na+]. The van der Waals surface area contributed by atoms with Crippen LogP contribution in [-0.4, -0.2) is 36.2 Å². The van der Waals surface area contributed by atoms with Gasteiger partial charge in [0.1, 0.15) is 37.4 Å². The van der Waals surface area contributed by atoms with Crippen LogP contribution in [0.1, 0.15) is 0 Å². The number of hydrogen-bond acceptors (Lipinski definition) is 13. The summed E-state index contributed by atoms with van der Waals surface area (Å²) < 4.78 is 73.4. The fourth-order valence-electron chi connectivity index (χ4n) is 2.60. The van der Waals surface area contributed by atoms with Crippen molar-refractivity contribution < 1.29 is 122 Å².